The second-order valence-electron chi connectivity index (χ2n) is 2.53. The van der Waals surface area contributed by atoms with Gasteiger partial charge in [-0.15, -0.1) is 0 Å². The molecule has 0 amide bonds. The fraction of sp³-hybridized carbons (Fsp3) is 0.182. The minimum atomic E-state index is 0.597. The molecule has 14 heavy (non-hydrogen) atoms. The van der Waals surface area contributed by atoms with Gasteiger partial charge < -0.3 is 0 Å². The van der Waals surface area contributed by atoms with Crippen LogP contribution in [0.1, 0.15) is 12.0 Å². The van der Waals surface area contributed by atoms with E-state index in [9.17, 15) is 4.79 Å². The molecule has 2 nitrogen and oxygen atoms in total. The van der Waals surface area contributed by atoms with Crippen LogP contribution in [0.4, 0.5) is 5.69 Å². The molecular formula is C11H9NOS. The Bertz CT molecular complexity index is 394. The third-order valence-electron chi connectivity index (χ3n) is 1.51. The van der Waals surface area contributed by atoms with E-state index in [-0.39, 0.29) is 0 Å². The highest BCUT2D eigenvalue weighted by Gasteiger charge is 1.88. The van der Waals surface area contributed by atoms with Crippen LogP contribution >= 0.6 is 12.6 Å². The van der Waals surface area contributed by atoms with Crippen LogP contribution in [0.2, 0.25) is 0 Å². The van der Waals surface area contributed by atoms with Gasteiger partial charge in [-0.25, -0.2) is 4.79 Å². The van der Waals surface area contributed by atoms with Crippen LogP contribution in [0.5, 0.6) is 0 Å². The summed E-state index contributed by atoms with van der Waals surface area (Å²) < 4.78 is 0. The van der Waals surface area contributed by atoms with Gasteiger partial charge in [0.05, 0.1) is 5.69 Å². The number of benzene rings is 1. The number of aliphatic imine (C=N–C) groups is 1. The number of hydrogen-bond acceptors (Lipinski definition) is 3. The molecule has 3 heteroatoms. The first kappa shape index (κ1) is 10.6. The Morgan fingerprint density at radius 2 is 2.00 bits per heavy atom. The van der Waals surface area contributed by atoms with E-state index in [0.717, 1.165) is 17.7 Å². The van der Waals surface area contributed by atoms with Gasteiger partial charge in [-0.1, -0.05) is 11.8 Å². The molecule has 0 radical (unpaired) electrons. The summed E-state index contributed by atoms with van der Waals surface area (Å²) in [5, 5.41) is 0. The van der Waals surface area contributed by atoms with E-state index >= 15 is 0 Å². The number of nitrogens with zero attached hydrogens (tertiary/aromatic N) is 1. The van der Waals surface area contributed by atoms with E-state index in [1.54, 1.807) is 12.1 Å². The summed E-state index contributed by atoms with van der Waals surface area (Å²) in [7, 11) is 0. The van der Waals surface area contributed by atoms with E-state index in [0.29, 0.717) is 5.69 Å². The Labute approximate surface area is 88.5 Å². The van der Waals surface area contributed by atoms with Crippen LogP contribution in [-0.2, 0) is 4.79 Å². The third-order valence-corrected chi connectivity index (χ3v) is 1.74. The van der Waals surface area contributed by atoms with E-state index < -0.39 is 0 Å². The Hall–Kier alpha value is -1.49. The molecule has 1 aromatic carbocycles. The van der Waals surface area contributed by atoms with Crippen molar-refractivity contribution in [3.63, 3.8) is 0 Å². The number of isocyanates is 1. The molecule has 70 valence electrons. The van der Waals surface area contributed by atoms with Gasteiger partial charge in [0.1, 0.15) is 0 Å². The maximum absolute atomic E-state index is 9.94. The highest BCUT2D eigenvalue weighted by molar-refractivity contribution is 7.80. The minimum absolute atomic E-state index is 0.597. The van der Waals surface area contributed by atoms with Gasteiger partial charge >= 0.3 is 0 Å². The molecule has 1 aromatic rings. The predicted molar refractivity (Wildman–Crippen MR) is 59.6 cm³/mol. The lowest BCUT2D eigenvalue weighted by Crippen LogP contribution is -1.73. The van der Waals surface area contributed by atoms with Crippen molar-refractivity contribution in [2.45, 2.75) is 6.42 Å². The molecule has 0 atom stereocenters. The second kappa shape index (κ2) is 6.04. The van der Waals surface area contributed by atoms with Crippen LogP contribution in [0, 0.1) is 11.8 Å². The second-order valence-corrected chi connectivity index (χ2v) is 2.97. The number of rotatable bonds is 2. The highest BCUT2D eigenvalue weighted by atomic mass is 32.1. The topological polar surface area (TPSA) is 29.4 Å². The predicted octanol–water partition coefficient (Wildman–Crippen LogP) is 2.33. The summed E-state index contributed by atoms with van der Waals surface area (Å²) in [6, 6.07) is 7.11. The number of thiol groups is 1. The fourth-order valence-corrected chi connectivity index (χ4v) is 1.00. The molecule has 0 N–H and O–H groups in total. The van der Waals surface area contributed by atoms with Crippen molar-refractivity contribution in [1.82, 2.24) is 0 Å². The lowest BCUT2D eigenvalue weighted by molar-refractivity contribution is 0.565. The Kier molecular flexibility index (Phi) is 4.57. The first-order valence-corrected chi connectivity index (χ1v) is 4.77. The largest absolute Gasteiger partial charge is 0.240 e. The molecule has 0 fully saturated rings. The Balaban J connectivity index is 2.74. The number of hydrogen-bond donors (Lipinski definition) is 1. The van der Waals surface area contributed by atoms with Gasteiger partial charge in [-0.2, -0.15) is 17.6 Å². The van der Waals surface area contributed by atoms with E-state index in [4.69, 9.17) is 0 Å². The van der Waals surface area contributed by atoms with Crippen LogP contribution in [0.3, 0.4) is 0 Å². The van der Waals surface area contributed by atoms with Crippen molar-refractivity contribution in [3.05, 3.63) is 29.8 Å². The van der Waals surface area contributed by atoms with Gasteiger partial charge in [0.25, 0.3) is 0 Å². The molecule has 0 heterocycles. The van der Waals surface area contributed by atoms with Crippen LogP contribution in [0.25, 0.3) is 0 Å². The zero-order valence-electron chi connectivity index (χ0n) is 7.53. The highest BCUT2D eigenvalue weighted by Crippen LogP contribution is 2.11. The van der Waals surface area contributed by atoms with E-state index in [1.165, 1.54) is 6.08 Å². The van der Waals surface area contributed by atoms with Crippen LogP contribution in [0.15, 0.2) is 29.3 Å². The summed E-state index contributed by atoms with van der Waals surface area (Å²) >= 11 is 4.05. The summed E-state index contributed by atoms with van der Waals surface area (Å²) in [6.45, 7) is 0. The SMILES string of the molecule is O=C=Nc1ccc(C#CCCS)cc1. The number of carbonyl (C=O) groups excluding carboxylic acids is 1. The summed E-state index contributed by atoms with van der Waals surface area (Å²) in [4.78, 5) is 13.4. The molecule has 0 aromatic heterocycles. The lowest BCUT2D eigenvalue weighted by atomic mass is 10.2. The van der Waals surface area contributed by atoms with Gasteiger partial charge in [-0.3, -0.25) is 0 Å². The smallest absolute Gasteiger partial charge is 0.211 e. The van der Waals surface area contributed by atoms with E-state index in [1.807, 2.05) is 12.1 Å². The molecular weight excluding hydrogens is 194 g/mol. The maximum Gasteiger partial charge on any atom is 0.240 e. The van der Waals surface area contributed by atoms with Crippen molar-refractivity contribution in [1.29, 1.82) is 0 Å². The Morgan fingerprint density at radius 1 is 1.29 bits per heavy atom. The van der Waals surface area contributed by atoms with Crippen LogP contribution in [-0.4, -0.2) is 11.8 Å². The van der Waals surface area contributed by atoms with Gasteiger partial charge in [0, 0.05) is 17.7 Å². The summed E-state index contributed by atoms with van der Waals surface area (Å²) in [5.41, 5.74) is 1.51. The average Bonchev–Trinajstić information content (AvgIpc) is 2.21. The van der Waals surface area contributed by atoms with Crippen molar-refractivity contribution in [2.75, 3.05) is 5.75 Å². The first-order chi connectivity index (χ1) is 6.86. The quantitative estimate of drug-likeness (QED) is 0.340. The molecule has 1 rings (SSSR count). The molecule has 0 bridgehead atoms. The van der Waals surface area contributed by atoms with Gasteiger partial charge in [-0.05, 0) is 24.3 Å². The standard InChI is InChI=1S/C11H9NOS/c13-9-12-11-6-4-10(5-7-11)3-1-2-8-14/h4-7,14H,2,8H2. The third kappa shape index (κ3) is 3.49. The maximum atomic E-state index is 9.94. The average molecular weight is 203 g/mol. The zero-order chi connectivity index (χ0) is 10.2. The molecule has 0 spiro atoms. The summed E-state index contributed by atoms with van der Waals surface area (Å²) in [6.07, 6.45) is 2.26. The van der Waals surface area contributed by atoms with Crippen molar-refractivity contribution in [3.8, 4) is 11.8 Å². The monoisotopic (exact) mass is 203 g/mol. The fourth-order valence-electron chi connectivity index (χ4n) is 0.892. The normalized spacial score (nSPS) is 8.36. The van der Waals surface area contributed by atoms with Crippen molar-refractivity contribution < 1.29 is 4.79 Å². The molecule has 0 aliphatic heterocycles. The van der Waals surface area contributed by atoms with Crippen molar-refractivity contribution in [2.24, 2.45) is 4.99 Å². The van der Waals surface area contributed by atoms with Gasteiger partial charge in [0.2, 0.25) is 6.08 Å². The molecule has 0 unspecified atom stereocenters. The zero-order valence-corrected chi connectivity index (χ0v) is 8.42. The molecule has 0 aliphatic carbocycles. The first-order valence-electron chi connectivity index (χ1n) is 4.14. The van der Waals surface area contributed by atoms with Gasteiger partial charge in [0.15, 0.2) is 0 Å². The van der Waals surface area contributed by atoms with Crippen LogP contribution < -0.4 is 0 Å². The molecule has 0 saturated carbocycles. The molecule has 0 aliphatic rings. The van der Waals surface area contributed by atoms with Crippen molar-refractivity contribution >= 4 is 24.4 Å². The summed E-state index contributed by atoms with van der Waals surface area (Å²) in [5.74, 6) is 6.71. The molecule has 0 saturated heterocycles. The Morgan fingerprint density at radius 3 is 2.57 bits per heavy atom. The minimum Gasteiger partial charge on any atom is -0.211 e. The lowest BCUT2D eigenvalue weighted by Gasteiger charge is -1.90. The van der Waals surface area contributed by atoms with E-state index in [2.05, 4.69) is 29.5 Å².